The van der Waals surface area contributed by atoms with Crippen molar-refractivity contribution in [2.24, 2.45) is 0 Å². The molecule has 2 N–H and O–H groups in total. The molecule has 2 rings (SSSR count). The average molecular weight is 289 g/mol. The summed E-state index contributed by atoms with van der Waals surface area (Å²) in [5.41, 5.74) is 9.20. The summed E-state index contributed by atoms with van der Waals surface area (Å²) in [6, 6.07) is 12.1. The van der Waals surface area contributed by atoms with Gasteiger partial charge in [0.05, 0.1) is 14.2 Å². The summed E-state index contributed by atoms with van der Waals surface area (Å²) in [7, 11) is 3.28. The summed E-state index contributed by atoms with van der Waals surface area (Å²) >= 11 is 1.73. The van der Waals surface area contributed by atoms with Gasteiger partial charge in [0.15, 0.2) is 11.5 Å². The first-order valence-electron chi connectivity index (χ1n) is 6.34. The zero-order chi connectivity index (χ0) is 14.5. The molecule has 0 saturated carbocycles. The topological polar surface area (TPSA) is 44.5 Å². The van der Waals surface area contributed by atoms with Crippen LogP contribution in [0.1, 0.15) is 11.1 Å². The Morgan fingerprint density at radius 2 is 1.75 bits per heavy atom. The Morgan fingerprint density at radius 1 is 1.00 bits per heavy atom. The minimum absolute atomic E-state index is 0.747. The summed E-state index contributed by atoms with van der Waals surface area (Å²) in [5, 5.41) is 0. The molecule has 0 aliphatic heterocycles. The van der Waals surface area contributed by atoms with Crippen molar-refractivity contribution in [3.63, 3.8) is 0 Å². The summed E-state index contributed by atoms with van der Waals surface area (Å²) in [4.78, 5) is 1.11. The van der Waals surface area contributed by atoms with E-state index in [1.807, 2.05) is 30.3 Å². The number of nitrogens with two attached hydrogens (primary N) is 1. The summed E-state index contributed by atoms with van der Waals surface area (Å²) in [5.74, 6) is 2.34. The fourth-order valence-electron chi connectivity index (χ4n) is 1.90. The number of ether oxygens (including phenoxy) is 2. The molecule has 0 heterocycles. The predicted molar refractivity (Wildman–Crippen MR) is 84.7 cm³/mol. The second-order valence-corrected chi connectivity index (χ2v) is 5.54. The third-order valence-electron chi connectivity index (χ3n) is 3.01. The number of aryl methyl sites for hydroxylation is 1. The Bertz CT molecular complexity index is 599. The van der Waals surface area contributed by atoms with E-state index in [1.165, 1.54) is 11.1 Å². The van der Waals surface area contributed by atoms with Gasteiger partial charge in [0.25, 0.3) is 0 Å². The second kappa shape index (κ2) is 6.57. The number of benzene rings is 2. The first-order valence-corrected chi connectivity index (χ1v) is 7.32. The molecule has 0 saturated heterocycles. The lowest BCUT2D eigenvalue weighted by Crippen LogP contribution is -1.93. The Hall–Kier alpha value is -1.81. The molecule has 0 aliphatic rings. The number of methoxy groups -OCH3 is 2. The number of hydrogen-bond donors (Lipinski definition) is 1. The van der Waals surface area contributed by atoms with E-state index < -0.39 is 0 Å². The van der Waals surface area contributed by atoms with E-state index in [0.717, 1.165) is 27.8 Å². The highest BCUT2D eigenvalue weighted by molar-refractivity contribution is 7.98. The fourth-order valence-corrected chi connectivity index (χ4v) is 2.90. The van der Waals surface area contributed by atoms with Crippen molar-refractivity contribution in [3.05, 3.63) is 47.5 Å². The van der Waals surface area contributed by atoms with Crippen LogP contribution in [-0.2, 0) is 5.75 Å². The highest BCUT2D eigenvalue weighted by Crippen LogP contribution is 2.32. The van der Waals surface area contributed by atoms with E-state index in [-0.39, 0.29) is 0 Å². The molecule has 3 nitrogen and oxygen atoms in total. The van der Waals surface area contributed by atoms with Crippen LogP contribution in [0.25, 0.3) is 0 Å². The van der Waals surface area contributed by atoms with Crippen molar-refractivity contribution in [1.29, 1.82) is 0 Å². The Balaban J connectivity index is 2.12. The number of hydrogen-bond acceptors (Lipinski definition) is 4. The molecule has 0 aromatic heterocycles. The maximum Gasteiger partial charge on any atom is 0.161 e. The average Bonchev–Trinajstić information content (AvgIpc) is 2.47. The van der Waals surface area contributed by atoms with Crippen molar-refractivity contribution in [1.82, 2.24) is 0 Å². The summed E-state index contributed by atoms with van der Waals surface area (Å²) in [6.45, 7) is 2.07. The largest absolute Gasteiger partial charge is 0.493 e. The van der Waals surface area contributed by atoms with E-state index in [1.54, 1.807) is 26.0 Å². The van der Waals surface area contributed by atoms with Gasteiger partial charge in [-0.25, -0.2) is 0 Å². The van der Waals surface area contributed by atoms with Crippen molar-refractivity contribution in [3.8, 4) is 11.5 Å². The minimum Gasteiger partial charge on any atom is -0.493 e. The number of thioether (sulfide) groups is 1. The molecule has 106 valence electrons. The molecular weight excluding hydrogens is 270 g/mol. The van der Waals surface area contributed by atoms with Crippen molar-refractivity contribution in [2.75, 3.05) is 20.0 Å². The molecule has 4 heteroatoms. The molecule has 20 heavy (non-hydrogen) atoms. The third kappa shape index (κ3) is 3.39. The maximum atomic E-state index is 5.99. The molecule has 0 bridgehead atoms. The monoisotopic (exact) mass is 289 g/mol. The fraction of sp³-hybridized carbons (Fsp3) is 0.250. The van der Waals surface area contributed by atoms with Crippen LogP contribution in [0.3, 0.4) is 0 Å². The molecule has 2 aromatic carbocycles. The van der Waals surface area contributed by atoms with Gasteiger partial charge in [-0.2, -0.15) is 0 Å². The van der Waals surface area contributed by atoms with Gasteiger partial charge in [-0.3, -0.25) is 0 Å². The Kier molecular flexibility index (Phi) is 4.79. The van der Waals surface area contributed by atoms with Gasteiger partial charge in [0.1, 0.15) is 0 Å². The van der Waals surface area contributed by atoms with Crippen LogP contribution >= 0.6 is 11.8 Å². The van der Waals surface area contributed by atoms with Crippen molar-refractivity contribution in [2.45, 2.75) is 17.6 Å². The van der Waals surface area contributed by atoms with Gasteiger partial charge >= 0.3 is 0 Å². The van der Waals surface area contributed by atoms with Crippen LogP contribution in [-0.4, -0.2) is 14.2 Å². The Morgan fingerprint density at radius 3 is 2.45 bits per heavy atom. The van der Waals surface area contributed by atoms with E-state index in [2.05, 4.69) is 13.0 Å². The van der Waals surface area contributed by atoms with E-state index >= 15 is 0 Å². The molecule has 0 spiro atoms. The lowest BCUT2D eigenvalue weighted by atomic mass is 10.2. The van der Waals surface area contributed by atoms with Gasteiger partial charge in [-0.15, -0.1) is 11.8 Å². The minimum atomic E-state index is 0.747. The Labute approximate surface area is 124 Å². The highest BCUT2D eigenvalue weighted by atomic mass is 32.2. The van der Waals surface area contributed by atoms with E-state index in [4.69, 9.17) is 15.2 Å². The van der Waals surface area contributed by atoms with Gasteiger partial charge in [-0.1, -0.05) is 12.1 Å². The lowest BCUT2D eigenvalue weighted by molar-refractivity contribution is 0.354. The predicted octanol–water partition coefficient (Wildman–Crippen LogP) is 3.89. The molecule has 0 aliphatic carbocycles. The molecule has 0 radical (unpaired) electrons. The number of rotatable bonds is 5. The molecule has 2 aromatic rings. The zero-order valence-corrected chi connectivity index (χ0v) is 12.8. The van der Waals surface area contributed by atoms with Gasteiger partial charge in [0, 0.05) is 16.3 Å². The summed E-state index contributed by atoms with van der Waals surface area (Å²) in [6.07, 6.45) is 0. The normalized spacial score (nSPS) is 10.3. The van der Waals surface area contributed by atoms with Crippen LogP contribution in [0.15, 0.2) is 41.3 Å². The van der Waals surface area contributed by atoms with Gasteiger partial charge in [-0.05, 0) is 42.3 Å². The highest BCUT2D eigenvalue weighted by Gasteiger charge is 2.06. The van der Waals surface area contributed by atoms with E-state index in [9.17, 15) is 0 Å². The van der Waals surface area contributed by atoms with Gasteiger partial charge < -0.3 is 15.2 Å². The third-order valence-corrected chi connectivity index (χ3v) is 4.15. The first kappa shape index (κ1) is 14.6. The maximum absolute atomic E-state index is 5.99. The standard InChI is InChI=1S/C16H19NO2S/c1-11-4-6-13(17)16(8-11)20-10-12-5-7-14(18-2)15(9-12)19-3/h4-9H,10,17H2,1-3H3. The van der Waals surface area contributed by atoms with Crippen LogP contribution in [0, 0.1) is 6.92 Å². The smallest absolute Gasteiger partial charge is 0.161 e. The summed E-state index contributed by atoms with van der Waals surface area (Å²) < 4.78 is 10.5. The van der Waals surface area contributed by atoms with Crippen LogP contribution < -0.4 is 15.2 Å². The second-order valence-electron chi connectivity index (χ2n) is 4.52. The van der Waals surface area contributed by atoms with Gasteiger partial charge in [0.2, 0.25) is 0 Å². The number of nitrogen functional groups attached to an aromatic ring is 1. The molecule has 0 fully saturated rings. The molecule has 0 unspecified atom stereocenters. The van der Waals surface area contributed by atoms with Crippen LogP contribution in [0.4, 0.5) is 5.69 Å². The SMILES string of the molecule is COc1ccc(CSc2cc(C)ccc2N)cc1OC. The molecule has 0 atom stereocenters. The zero-order valence-electron chi connectivity index (χ0n) is 12.0. The first-order chi connectivity index (χ1) is 9.63. The quantitative estimate of drug-likeness (QED) is 0.670. The van der Waals surface area contributed by atoms with Crippen molar-refractivity contribution >= 4 is 17.4 Å². The van der Waals surface area contributed by atoms with Crippen molar-refractivity contribution < 1.29 is 9.47 Å². The number of anilines is 1. The van der Waals surface area contributed by atoms with E-state index in [0.29, 0.717) is 0 Å². The van der Waals surface area contributed by atoms with Crippen LogP contribution in [0.5, 0.6) is 11.5 Å². The molecule has 0 amide bonds. The van der Waals surface area contributed by atoms with Crippen LogP contribution in [0.2, 0.25) is 0 Å². The molecular formula is C16H19NO2S. The lowest BCUT2D eigenvalue weighted by Gasteiger charge is -2.10.